The molecule has 0 aromatic heterocycles. The molecule has 2 fully saturated rings. The fourth-order valence-corrected chi connectivity index (χ4v) is 4.11. The number of nitrogens with zero attached hydrogens (tertiary/aromatic N) is 1. The van der Waals surface area contributed by atoms with Gasteiger partial charge in [-0.1, -0.05) is 37.3 Å². The standard InChI is InChI=1S/C20H26N2O/c1-2-22-11-9-20(10-12-22)13-17(16-5-3-4-6-18(16)20)19(23)21-14-15-7-8-15/h3-6,13,15H,2,7-12,14H2,1H3,(H,21,23). The molecule has 1 aromatic carbocycles. The smallest absolute Gasteiger partial charge is 0.251 e. The first-order valence-electron chi connectivity index (χ1n) is 9.05. The summed E-state index contributed by atoms with van der Waals surface area (Å²) in [6.45, 7) is 6.44. The zero-order chi connectivity index (χ0) is 15.9. The number of amides is 1. The second-order valence-electron chi connectivity index (χ2n) is 7.35. The van der Waals surface area contributed by atoms with Gasteiger partial charge in [0.25, 0.3) is 5.91 Å². The van der Waals surface area contributed by atoms with Crippen LogP contribution in [0.2, 0.25) is 0 Å². The van der Waals surface area contributed by atoms with Gasteiger partial charge in [0, 0.05) is 17.5 Å². The number of hydrogen-bond acceptors (Lipinski definition) is 2. The van der Waals surface area contributed by atoms with Crippen molar-refractivity contribution in [3.8, 4) is 0 Å². The first-order valence-corrected chi connectivity index (χ1v) is 9.05. The van der Waals surface area contributed by atoms with E-state index in [0.29, 0.717) is 0 Å². The van der Waals surface area contributed by atoms with Gasteiger partial charge in [0.2, 0.25) is 0 Å². The lowest BCUT2D eigenvalue weighted by Gasteiger charge is -2.38. The van der Waals surface area contributed by atoms with Crippen LogP contribution in [-0.4, -0.2) is 37.0 Å². The molecule has 1 aromatic rings. The van der Waals surface area contributed by atoms with Gasteiger partial charge in [-0.2, -0.15) is 0 Å². The van der Waals surface area contributed by atoms with Crippen LogP contribution in [0.5, 0.6) is 0 Å². The maximum absolute atomic E-state index is 12.7. The fourth-order valence-electron chi connectivity index (χ4n) is 4.11. The van der Waals surface area contributed by atoms with E-state index in [1.165, 1.54) is 18.4 Å². The van der Waals surface area contributed by atoms with Gasteiger partial charge in [0.15, 0.2) is 0 Å². The van der Waals surface area contributed by atoms with E-state index in [2.05, 4.69) is 47.5 Å². The largest absolute Gasteiger partial charge is 0.352 e. The van der Waals surface area contributed by atoms with Crippen LogP contribution < -0.4 is 5.32 Å². The van der Waals surface area contributed by atoms with Crippen LogP contribution in [0.1, 0.15) is 43.7 Å². The molecular weight excluding hydrogens is 284 g/mol. The molecule has 122 valence electrons. The van der Waals surface area contributed by atoms with Crippen LogP contribution >= 0.6 is 0 Å². The van der Waals surface area contributed by atoms with E-state index < -0.39 is 0 Å². The van der Waals surface area contributed by atoms with Gasteiger partial charge in [-0.25, -0.2) is 0 Å². The number of carbonyl (C=O) groups excluding carboxylic acids is 1. The minimum atomic E-state index is 0.0779. The Hall–Kier alpha value is -1.61. The van der Waals surface area contributed by atoms with Crippen molar-refractivity contribution in [3.05, 3.63) is 41.5 Å². The number of piperidine rings is 1. The third-order valence-electron chi connectivity index (χ3n) is 5.86. The first-order chi connectivity index (χ1) is 11.2. The van der Waals surface area contributed by atoms with E-state index in [1.807, 2.05) is 0 Å². The number of benzene rings is 1. The highest BCUT2D eigenvalue weighted by molar-refractivity contribution is 6.21. The summed E-state index contributed by atoms with van der Waals surface area (Å²) in [5.74, 6) is 0.845. The van der Waals surface area contributed by atoms with Gasteiger partial charge in [0.05, 0.1) is 0 Å². The van der Waals surface area contributed by atoms with Crippen molar-refractivity contribution in [2.45, 2.75) is 38.0 Å². The maximum Gasteiger partial charge on any atom is 0.251 e. The number of likely N-dealkylation sites (tertiary alicyclic amines) is 1. The molecule has 3 aliphatic rings. The lowest BCUT2D eigenvalue weighted by atomic mass is 9.74. The van der Waals surface area contributed by atoms with Gasteiger partial charge in [-0.05, 0) is 62.4 Å². The molecule has 1 saturated carbocycles. The number of fused-ring (bicyclic) bond motifs is 2. The monoisotopic (exact) mass is 310 g/mol. The minimum absolute atomic E-state index is 0.0779. The Labute approximate surface area is 138 Å². The molecule has 0 bridgehead atoms. The van der Waals surface area contributed by atoms with Crippen LogP contribution in [0.15, 0.2) is 30.3 Å². The Morgan fingerprint density at radius 3 is 2.70 bits per heavy atom. The SMILES string of the molecule is CCN1CCC2(C=C(C(=O)NCC3CC3)c3ccccc32)CC1. The Morgan fingerprint density at radius 1 is 1.26 bits per heavy atom. The summed E-state index contributed by atoms with van der Waals surface area (Å²) in [7, 11) is 0. The topological polar surface area (TPSA) is 32.3 Å². The molecule has 1 N–H and O–H groups in total. The number of rotatable bonds is 4. The number of nitrogens with one attached hydrogen (secondary N) is 1. The van der Waals surface area contributed by atoms with Crippen LogP contribution in [0.4, 0.5) is 0 Å². The molecule has 1 heterocycles. The summed E-state index contributed by atoms with van der Waals surface area (Å²) in [6.07, 6.45) is 7.07. The Balaban J connectivity index is 1.61. The molecule has 1 aliphatic heterocycles. The van der Waals surface area contributed by atoms with Gasteiger partial charge >= 0.3 is 0 Å². The Kier molecular flexibility index (Phi) is 3.76. The Morgan fingerprint density at radius 2 is 2.00 bits per heavy atom. The van der Waals surface area contributed by atoms with E-state index in [0.717, 1.165) is 56.1 Å². The summed E-state index contributed by atoms with van der Waals surface area (Å²) in [5.41, 5.74) is 3.51. The van der Waals surface area contributed by atoms with Gasteiger partial charge in [0.1, 0.15) is 0 Å². The van der Waals surface area contributed by atoms with E-state index in [-0.39, 0.29) is 11.3 Å². The second kappa shape index (κ2) is 5.79. The third kappa shape index (κ3) is 2.72. The quantitative estimate of drug-likeness (QED) is 0.927. The summed E-state index contributed by atoms with van der Waals surface area (Å²) in [5, 5.41) is 3.15. The zero-order valence-electron chi connectivity index (χ0n) is 14.0. The number of allylic oxidation sites excluding steroid dienone is 1. The van der Waals surface area contributed by atoms with E-state index in [9.17, 15) is 4.79 Å². The van der Waals surface area contributed by atoms with Crippen molar-refractivity contribution >= 4 is 11.5 Å². The average molecular weight is 310 g/mol. The molecule has 23 heavy (non-hydrogen) atoms. The molecule has 3 nitrogen and oxygen atoms in total. The maximum atomic E-state index is 12.7. The number of carbonyl (C=O) groups is 1. The molecule has 1 spiro atoms. The van der Waals surface area contributed by atoms with Crippen LogP contribution in [-0.2, 0) is 10.2 Å². The third-order valence-corrected chi connectivity index (χ3v) is 5.86. The summed E-state index contributed by atoms with van der Waals surface area (Å²) >= 11 is 0. The fraction of sp³-hybridized carbons (Fsp3) is 0.550. The van der Waals surface area contributed by atoms with Crippen molar-refractivity contribution in [1.82, 2.24) is 10.2 Å². The molecule has 0 radical (unpaired) electrons. The summed E-state index contributed by atoms with van der Waals surface area (Å²) < 4.78 is 0. The zero-order valence-corrected chi connectivity index (χ0v) is 14.0. The van der Waals surface area contributed by atoms with Crippen LogP contribution in [0.3, 0.4) is 0 Å². The molecule has 0 atom stereocenters. The summed E-state index contributed by atoms with van der Waals surface area (Å²) in [6, 6.07) is 8.53. The number of hydrogen-bond donors (Lipinski definition) is 1. The normalized spacial score (nSPS) is 22.7. The molecule has 1 amide bonds. The molecule has 2 aliphatic carbocycles. The molecular formula is C20H26N2O. The highest BCUT2D eigenvalue weighted by atomic mass is 16.1. The first kappa shape index (κ1) is 14.9. The molecule has 3 heteroatoms. The van der Waals surface area contributed by atoms with Gasteiger partial charge < -0.3 is 10.2 Å². The highest BCUT2D eigenvalue weighted by Crippen LogP contribution is 2.47. The van der Waals surface area contributed by atoms with Crippen molar-refractivity contribution in [2.24, 2.45) is 5.92 Å². The van der Waals surface area contributed by atoms with E-state index in [4.69, 9.17) is 0 Å². The van der Waals surface area contributed by atoms with E-state index >= 15 is 0 Å². The molecule has 1 saturated heterocycles. The lowest BCUT2D eigenvalue weighted by Crippen LogP contribution is -2.40. The molecule has 0 unspecified atom stereocenters. The van der Waals surface area contributed by atoms with Gasteiger partial charge in [-0.15, -0.1) is 0 Å². The molecule has 4 rings (SSSR count). The van der Waals surface area contributed by atoms with Crippen molar-refractivity contribution in [2.75, 3.05) is 26.2 Å². The summed E-state index contributed by atoms with van der Waals surface area (Å²) in [4.78, 5) is 15.2. The minimum Gasteiger partial charge on any atom is -0.352 e. The second-order valence-corrected chi connectivity index (χ2v) is 7.35. The predicted molar refractivity (Wildman–Crippen MR) is 93.2 cm³/mol. The highest BCUT2D eigenvalue weighted by Gasteiger charge is 2.41. The lowest BCUT2D eigenvalue weighted by molar-refractivity contribution is -0.115. The van der Waals surface area contributed by atoms with Crippen molar-refractivity contribution < 1.29 is 4.79 Å². The predicted octanol–water partition coefficient (Wildman–Crippen LogP) is 2.96. The van der Waals surface area contributed by atoms with E-state index in [1.54, 1.807) is 0 Å². The van der Waals surface area contributed by atoms with Crippen molar-refractivity contribution in [1.29, 1.82) is 0 Å². The van der Waals surface area contributed by atoms with Gasteiger partial charge in [-0.3, -0.25) is 4.79 Å². The van der Waals surface area contributed by atoms with Crippen molar-refractivity contribution in [3.63, 3.8) is 0 Å². The van der Waals surface area contributed by atoms with Crippen LogP contribution in [0.25, 0.3) is 5.57 Å². The van der Waals surface area contributed by atoms with Crippen LogP contribution in [0, 0.1) is 5.92 Å². The average Bonchev–Trinajstić information content (AvgIpc) is 3.38. The Bertz CT molecular complexity index is 637.